The molecule has 3 rings (SSSR count). The number of rotatable bonds is 7. The predicted molar refractivity (Wildman–Crippen MR) is 108 cm³/mol. The SMILES string of the molecule is COc1ccc([N+](=O)[O-])cc1CSc1nc2ccc(NC(=O)CCl)cc2s1. The van der Waals surface area contributed by atoms with Crippen molar-refractivity contribution in [3.8, 4) is 5.75 Å². The predicted octanol–water partition coefficient (Wildman–Crippen LogP) is 4.68. The lowest BCUT2D eigenvalue weighted by Crippen LogP contribution is -2.12. The Bertz CT molecular complexity index is 1010. The minimum Gasteiger partial charge on any atom is -0.496 e. The van der Waals surface area contributed by atoms with E-state index >= 15 is 0 Å². The second kappa shape index (κ2) is 8.55. The summed E-state index contributed by atoms with van der Waals surface area (Å²) in [7, 11) is 1.53. The lowest BCUT2D eigenvalue weighted by atomic mass is 10.2. The molecule has 3 aromatic rings. The van der Waals surface area contributed by atoms with E-state index in [1.165, 1.54) is 42.3 Å². The van der Waals surface area contributed by atoms with E-state index in [4.69, 9.17) is 16.3 Å². The molecule has 10 heteroatoms. The van der Waals surface area contributed by atoms with Crippen LogP contribution in [-0.4, -0.2) is 28.8 Å². The highest BCUT2D eigenvalue weighted by Crippen LogP contribution is 2.35. The molecule has 1 aromatic heterocycles. The second-order valence-electron chi connectivity index (χ2n) is 5.39. The highest BCUT2D eigenvalue weighted by Gasteiger charge is 2.13. The molecule has 7 nitrogen and oxygen atoms in total. The summed E-state index contributed by atoms with van der Waals surface area (Å²) in [5, 5.41) is 13.7. The summed E-state index contributed by atoms with van der Waals surface area (Å²) in [6.45, 7) is 0. The monoisotopic (exact) mass is 423 g/mol. The topological polar surface area (TPSA) is 94.4 Å². The number of amides is 1. The smallest absolute Gasteiger partial charge is 0.270 e. The summed E-state index contributed by atoms with van der Waals surface area (Å²) in [5.74, 6) is 0.709. The highest BCUT2D eigenvalue weighted by molar-refractivity contribution is 8.00. The molecule has 2 aromatic carbocycles. The number of fused-ring (bicyclic) bond motifs is 1. The third-order valence-corrected chi connectivity index (χ3v) is 6.05. The van der Waals surface area contributed by atoms with E-state index in [9.17, 15) is 14.9 Å². The Kier molecular flexibility index (Phi) is 6.15. The molecule has 140 valence electrons. The van der Waals surface area contributed by atoms with Gasteiger partial charge in [-0.25, -0.2) is 4.98 Å². The van der Waals surface area contributed by atoms with Crippen molar-refractivity contribution < 1.29 is 14.5 Å². The van der Waals surface area contributed by atoms with Crippen molar-refractivity contribution in [1.82, 2.24) is 4.98 Å². The first-order valence-electron chi connectivity index (χ1n) is 7.70. The van der Waals surface area contributed by atoms with Crippen molar-refractivity contribution in [2.75, 3.05) is 18.3 Å². The Balaban J connectivity index is 1.78. The number of halogens is 1. The summed E-state index contributed by atoms with van der Waals surface area (Å²) in [5.41, 5.74) is 2.23. The van der Waals surface area contributed by atoms with Crippen LogP contribution in [0.25, 0.3) is 10.2 Å². The van der Waals surface area contributed by atoms with Gasteiger partial charge >= 0.3 is 0 Å². The maximum absolute atomic E-state index is 11.4. The Morgan fingerprint density at radius 1 is 1.37 bits per heavy atom. The number of ether oxygens (including phenoxy) is 1. The van der Waals surface area contributed by atoms with Gasteiger partial charge in [-0.05, 0) is 24.3 Å². The molecule has 0 saturated carbocycles. The number of hydrogen-bond donors (Lipinski definition) is 1. The van der Waals surface area contributed by atoms with Crippen molar-refractivity contribution >= 4 is 62.2 Å². The minimum absolute atomic E-state index is 0.0235. The number of methoxy groups -OCH3 is 1. The van der Waals surface area contributed by atoms with E-state index in [0.29, 0.717) is 17.2 Å². The molecule has 0 bridgehead atoms. The van der Waals surface area contributed by atoms with E-state index in [2.05, 4.69) is 10.3 Å². The van der Waals surface area contributed by atoms with Crippen molar-refractivity contribution in [2.45, 2.75) is 10.1 Å². The summed E-state index contributed by atoms with van der Waals surface area (Å²) in [4.78, 5) is 26.5. The van der Waals surface area contributed by atoms with Crippen molar-refractivity contribution in [1.29, 1.82) is 0 Å². The number of nitrogens with zero attached hydrogens (tertiary/aromatic N) is 2. The zero-order valence-corrected chi connectivity index (χ0v) is 16.5. The highest BCUT2D eigenvalue weighted by atomic mass is 35.5. The van der Waals surface area contributed by atoms with Gasteiger partial charge < -0.3 is 10.1 Å². The first-order chi connectivity index (χ1) is 13.0. The number of benzene rings is 2. The third kappa shape index (κ3) is 4.68. The van der Waals surface area contributed by atoms with Gasteiger partial charge in [0, 0.05) is 29.1 Å². The summed E-state index contributed by atoms with van der Waals surface area (Å²) < 4.78 is 7.03. The molecule has 0 radical (unpaired) electrons. The lowest BCUT2D eigenvalue weighted by molar-refractivity contribution is -0.384. The van der Waals surface area contributed by atoms with Crippen molar-refractivity contribution in [3.05, 3.63) is 52.1 Å². The number of nitro benzene ring substituents is 1. The molecule has 27 heavy (non-hydrogen) atoms. The maximum atomic E-state index is 11.4. The van der Waals surface area contributed by atoms with Crippen LogP contribution in [0.1, 0.15) is 5.56 Å². The minimum atomic E-state index is -0.429. The van der Waals surface area contributed by atoms with Gasteiger partial charge in [0.2, 0.25) is 5.91 Å². The Morgan fingerprint density at radius 2 is 2.19 bits per heavy atom. The van der Waals surface area contributed by atoms with Crippen LogP contribution in [0.3, 0.4) is 0 Å². The molecule has 0 spiro atoms. The van der Waals surface area contributed by atoms with Gasteiger partial charge in [0.15, 0.2) is 4.34 Å². The normalized spacial score (nSPS) is 10.7. The van der Waals surface area contributed by atoms with E-state index < -0.39 is 4.92 Å². The number of hydrogen-bond acceptors (Lipinski definition) is 7. The van der Waals surface area contributed by atoms with Crippen LogP contribution in [0.5, 0.6) is 5.75 Å². The number of aromatic nitrogens is 1. The third-order valence-electron chi connectivity index (χ3n) is 3.60. The zero-order valence-electron chi connectivity index (χ0n) is 14.1. The number of thioether (sulfide) groups is 1. The maximum Gasteiger partial charge on any atom is 0.270 e. The van der Waals surface area contributed by atoms with Crippen LogP contribution < -0.4 is 10.1 Å². The number of anilines is 1. The zero-order chi connectivity index (χ0) is 19.4. The number of non-ortho nitro benzene ring substituents is 1. The molecule has 0 fully saturated rings. The molecule has 0 atom stereocenters. The first kappa shape index (κ1) is 19.4. The average Bonchev–Trinajstić information content (AvgIpc) is 3.08. The molecule has 0 aliphatic carbocycles. The number of thiazole rings is 1. The van der Waals surface area contributed by atoms with Crippen LogP contribution in [0.4, 0.5) is 11.4 Å². The fourth-order valence-electron chi connectivity index (χ4n) is 2.37. The molecule has 0 aliphatic heterocycles. The number of nitro groups is 1. The average molecular weight is 424 g/mol. The standard InChI is InChI=1S/C17H14ClN3O4S2/c1-25-14-5-3-12(21(23)24)6-10(14)9-26-17-20-13-4-2-11(7-15(13)27-17)19-16(22)8-18/h2-7H,8-9H2,1H3,(H,19,22). The summed E-state index contributed by atoms with van der Waals surface area (Å²) >= 11 is 8.45. The van der Waals surface area contributed by atoms with Gasteiger partial charge in [-0.2, -0.15) is 0 Å². The van der Waals surface area contributed by atoms with Gasteiger partial charge in [-0.1, -0.05) is 11.8 Å². The largest absolute Gasteiger partial charge is 0.496 e. The molecule has 1 heterocycles. The van der Waals surface area contributed by atoms with Crippen molar-refractivity contribution in [3.63, 3.8) is 0 Å². The number of carbonyl (C=O) groups is 1. The second-order valence-corrected chi connectivity index (χ2v) is 7.91. The van der Waals surface area contributed by atoms with Crippen molar-refractivity contribution in [2.24, 2.45) is 0 Å². The van der Waals surface area contributed by atoms with Gasteiger partial charge in [-0.3, -0.25) is 14.9 Å². The van der Waals surface area contributed by atoms with Crippen LogP contribution in [0.15, 0.2) is 40.7 Å². The molecular weight excluding hydrogens is 410 g/mol. The van der Waals surface area contributed by atoms with Crippen LogP contribution >= 0.6 is 34.7 Å². The van der Waals surface area contributed by atoms with Gasteiger partial charge in [0.1, 0.15) is 11.6 Å². The van der Waals surface area contributed by atoms with E-state index in [0.717, 1.165) is 20.1 Å². The summed E-state index contributed by atoms with van der Waals surface area (Å²) in [6.07, 6.45) is 0. The fraction of sp³-hybridized carbons (Fsp3) is 0.176. The molecular formula is C17H14ClN3O4S2. The van der Waals surface area contributed by atoms with E-state index in [1.54, 1.807) is 12.1 Å². The first-order valence-corrected chi connectivity index (χ1v) is 10.0. The molecule has 1 N–H and O–H groups in total. The Labute approximate surface area is 167 Å². The van der Waals surface area contributed by atoms with Crippen LogP contribution in [0.2, 0.25) is 0 Å². The van der Waals surface area contributed by atoms with Crippen LogP contribution in [-0.2, 0) is 10.5 Å². The van der Waals surface area contributed by atoms with E-state index in [1.807, 2.05) is 12.1 Å². The number of nitrogens with one attached hydrogen (secondary N) is 1. The van der Waals surface area contributed by atoms with Gasteiger partial charge in [0.25, 0.3) is 5.69 Å². The quantitative estimate of drug-likeness (QED) is 0.256. The van der Waals surface area contributed by atoms with Gasteiger partial charge in [0.05, 0.1) is 22.2 Å². The van der Waals surface area contributed by atoms with Crippen LogP contribution in [0, 0.1) is 10.1 Å². The summed E-state index contributed by atoms with van der Waals surface area (Å²) in [6, 6.07) is 9.96. The molecule has 0 saturated heterocycles. The number of alkyl halides is 1. The lowest BCUT2D eigenvalue weighted by Gasteiger charge is -2.06. The Morgan fingerprint density at radius 3 is 2.89 bits per heavy atom. The molecule has 0 unspecified atom stereocenters. The van der Waals surface area contributed by atoms with E-state index in [-0.39, 0.29) is 17.5 Å². The van der Waals surface area contributed by atoms with Gasteiger partial charge in [-0.15, -0.1) is 22.9 Å². The number of carbonyl (C=O) groups excluding carboxylic acids is 1. The molecule has 1 amide bonds. The fourth-order valence-corrected chi connectivity index (χ4v) is 4.52. The molecule has 0 aliphatic rings. The Hall–Kier alpha value is -2.36.